The number of carbonyl (C=O) groups excluding carboxylic acids is 1. The summed E-state index contributed by atoms with van der Waals surface area (Å²) in [6.07, 6.45) is 1.56. The number of nitrogens with one attached hydrogen (secondary N) is 1. The molecule has 120 valence electrons. The van der Waals surface area contributed by atoms with Crippen molar-refractivity contribution in [2.75, 3.05) is 0 Å². The minimum absolute atomic E-state index is 0.0393. The lowest BCUT2D eigenvalue weighted by molar-refractivity contribution is -0.121. The molecule has 2 rings (SSSR count). The summed E-state index contributed by atoms with van der Waals surface area (Å²) in [5.74, 6) is 0.0393. The number of amides is 1. The van der Waals surface area contributed by atoms with Crippen molar-refractivity contribution >= 4 is 5.91 Å². The van der Waals surface area contributed by atoms with Gasteiger partial charge in [-0.1, -0.05) is 30.3 Å². The molecule has 1 aromatic heterocycles. The molecule has 1 heterocycles. The predicted molar refractivity (Wildman–Crippen MR) is 88.5 cm³/mol. The first-order chi connectivity index (χ1) is 11.1. The number of aryl methyl sites for hydroxylation is 2. The van der Waals surface area contributed by atoms with Crippen LogP contribution in [0.15, 0.2) is 30.3 Å². The second-order valence-electron chi connectivity index (χ2n) is 5.54. The average molecular weight is 310 g/mol. The third-order valence-corrected chi connectivity index (χ3v) is 3.90. The van der Waals surface area contributed by atoms with Crippen molar-refractivity contribution in [1.82, 2.24) is 15.1 Å². The highest BCUT2D eigenvalue weighted by Crippen LogP contribution is 2.15. The molecule has 5 nitrogen and oxygen atoms in total. The van der Waals surface area contributed by atoms with Crippen LogP contribution in [0.4, 0.5) is 0 Å². The van der Waals surface area contributed by atoms with Crippen LogP contribution in [0.1, 0.15) is 35.4 Å². The maximum absolute atomic E-state index is 12.0. The highest BCUT2D eigenvalue weighted by atomic mass is 16.1. The van der Waals surface area contributed by atoms with E-state index in [0.717, 1.165) is 22.5 Å². The molecule has 0 aliphatic heterocycles. The lowest BCUT2D eigenvalue weighted by atomic mass is 10.1. The molecule has 0 saturated heterocycles. The van der Waals surface area contributed by atoms with Crippen LogP contribution in [-0.4, -0.2) is 15.7 Å². The lowest BCUT2D eigenvalue weighted by Crippen LogP contribution is -2.23. The first-order valence-corrected chi connectivity index (χ1v) is 7.82. The molecule has 0 spiro atoms. The van der Waals surface area contributed by atoms with E-state index in [0.29, 0.717) is 32.4 Å². The van der Waals surface area contributed by atoms with E-state index in [1.165, 1.54) is 0 Å². The second-order valence-corrected chi connectivity index (χ2v) is 5.54. The number of rotatable bonds is 7. The second kappa shape index (κ2) is 8.14. The Balaban J connectivity index is 1.87. The molecule has 0 aliphatic carbocycles. The van der Waals surface area contributed by atoms with Gasteiger partial charge in [-0.2, -0.15) is 10.4 Å². The third-order valence-electron chi connectivity index (χ3n) is 3.90. The van der Waals surface area contributed by atoms with Crippen molar-refractivity contribution in [2.45, 2.75) is 46.2 Å². The van der Waals surface area contributed by atoms with Crippen molar-refractivity contribution < 1.29 is 4.79 Å². The number of benzene rings is 1. The van der Waals surface area contributed by atoms with E-state index in [-0.39, 0.29) is 5.91 Å². The molecule has 0 atom stereocenters. The third kappa shape index (κ3) is 4.68. The van der Waals surface area contributed by atoms with Gasteiger partial charge in [0.1, 0.15) is 0 Å². The van der Waals surface area contributed by atoms with Crippen LogP contribution in [0, 0.1) is 25.2 Å². The van der Waals surface area contributed by atoms with Gasteiger partial charge in [0, 0.05) is 18.7 Å². The van der Waals surface area contributed by atoms with Gasteiger partial charge in [-0.25, -0.2) is 0 Å². The summed E-state index contributed by atoms with van der Waals surface area (Å²) < 4.78 is 1.86. The Morgan fingerprint density at radius 1 is 1.30 bits per heavy atom. The summed E-state index contributed by atoms with van der Waals surface area (Å²) in [5, 5.41) is 16.1. The quantitative estimate of drug-likeness (QED) is 0.854. The van der Waals surface area contributed by atoms with Crippen LogP contribution in [0.5, 0.6) is 0 Å². The van der Waals surface area contributed by atoms with E-state index in [1.54, 1.807) is 0 Å². The summed E-state index contributed by atoms with van der Waals surface area (Å²) in [4.78, 5) is 12.0. The smallest absolute Gasteiger partial charge is 0.220 e. The summed E-state index contributed by atoms with van der Waals surface area (Å²) in [5.41, 5.74) is 4.19. The van der Waals surface area contributed by atoms with Gasteiger partial charge in [-0.05, 0) is 31.4 Å². The monoisotopic (exact) mass is 310 g/mol. The first-order valence-electron chi connectivity index (χ1n) is 7.82. The van der Waals surface area contributed by atoms with Crippen LogP contribution in [-0.2, 0) is 24.3 Å². The van der Waals surface area contributed by atoms with E-state index in [2.05, 4.69) is 16.5 Å². The Labute approximate surface area is 136 Å². The number of carbonyl (C=O) groups is 1. The molecular weight excluding hydrogens is 288 g/mol. The zero-order valence-corrected chi connectivity index (χ0v) is 13.7. The van der Waals surface area contributed by atoms with Gasteiger partial charge >= 0.3 is 0 Å². The van der Waals surface area contributed by atoms with Gasteiger partial charge in [0.05, 0.1) is 24.7 Å². The molecule has 0 aliphatic rings. The molecule has 1 N–H and O–H groups in total. The molecule has 0 saturated carbocycles. The largest absolute Gasteiger partial charge is 0.352 e. The summed E-state index contributed by atoms with van der Waals surface area (Å²) in [6, 6.07) is 12.0. The predicted octanol–water partition coefficient (Wildman–Crippen LogP) is 2.66. The zero-order valence-electron chi connectivity index (χ0n) is 13.7. The molecule has 0 bridgehead atoms. The zero-order chi connectivity index (χ0) is 16.7. The van der Waals surface area contributed by atoms with E-state index in [4.69, 9.17) is 5.26 Å². The Bertz CT molecular complexity index is 698. The molecule has 2 aromatic rings. The van der Waals surface area contributed by atoms with Gasteiger partial charge in [0.2, 0.25) is 5.91 Å². The van der Waals surface area contributed by atoms with Gasteiger partial charge in [-0.3, -0.25) is 9.48 Å². The molecule has 5 heteroatoms. The highest BCUT2D eigenvalue weighted by Gasteiger charge is 2.12. The lowest BCUT2D eigenvalue weighted by Gasteiger charge is -2.06. The van der Waals surface area contributed by atoms with Crippen molar-refractivity contribution in [3.8, 4) is 6.07 Å². The van der Waals surface area contributed by atoms with Gasteiger partial charge in [0.15, 0.2) is 0 Å². The van der Waals surface area contributed by atoms with Crippen molar-refractivity contribution in [3.63, 3.8) is 0 Å². The van der Waals surface area contributed by atoms with Crippen LogP contribution < -0.4 is 5.32 Å². The minimum Gasteiger partial charge on any atom is -0.352 e. The number of aromatic nitrogens is 2. The Morgan fingerprint density at radius 2 is 2.04 bits per heavy atom. The number of hydrogen-bond acceptors (Lipinski definition) is 3. The van der Waals surface area contributed by atoms with Crippen LogP contribution >= 0.6 is 0 Å². The fraction of sp³-hybridized carbons (Fsp3) is 0.389. The summed E-state index contributed by atoms with van der Waals surface area (Å²) in [7, 11) is 0. The molecular formula is C18H22N4O. The normalized spacial score (nSPS) is 10.3. The van der Waals surface area contributed by atoms with Crippen LogP contribution in [0.3, 0.4) is 0 Å². The van der Waals surface area contributed by atoms with Crippen molar-refractivity contribution in [2.24, 2.45) is 0 Å². The Hall–Kier alpha value is -2.61. The average Bonchev–Trinajstić information content (AvgIpc) is 2.83. The standard InChI is InChI=1S/C18H22N4O/c1-14-17(15(2)22(21-14)12-6-11-19)9-10-18(23)20-13-16-7-4-3-5-8-16/h3-5,7-8H,6,9-10,12-13H2,1-2H3,(H,20,23). The summed E-state index contributed by atoms with van der Waals surface area (Å²) in [6.45, 7) is 5.10. The summed E-state index contributed by atoms with van der Waals surface area (Å²) >= 11 is 0. The van der Waals surface area contributed by atoms with Gasteiger partial charge in [0.25, 0.3) is 0 Å². The molecule has 1 amide bonds. The highest BCUT2D eigenvalue weighted by molar-refractivity contribution is 5.76. The van der Waals surface area contributed by atoms with Crippen molar-refractivity contribution in [3.05, 3.63) is 52.8 Å². The van der Waals surface area contributed by atoms with Crippen LogP contribution in [0.2, 0.25) is 0 Å². The maximum atomic E-state index is 12.0. The Kier molecular flexibility index (Phi) is 5.93. The van der Waals surface area contributed by atoms with Gasteiger partial charge in [-0.15, -0.1) is 0 Å². The van der Waals surface area contributed by atoms with Crippen molar-refractivity contribution in [1.29, 1.82) is 5.26 Å². The molecule has 0 fully saturated rings. The minimum atomic E-state index is 0.0393. The number of nitriles is 1. The molecule has 0 radical (unpaired) electrons. The topological polar surface area (TPSA) is 70.7 Å². The SMILES string of the molecule is Cc1nn(CCC#N)c(C)c1CCC(=O)NCc1ccccc1. The van der Waals surface area contributed by atoms with E-state index >= 15 is 0 Å². The maximum Gasteiger partial charge on any atom is 0.220 e. The van der Waals surface area contributed by atoms with Crippen LogP contribution in [0.25, 0.3) is 0 Å². The molecule has 1 aromatic carbocycles. The molecule has 0 unspecified atom stereocenters. The van der Waals surface area contributed by atoms with E-state index in [1.807, 2.05) is 48.9 Å². The molecule has 23 heavy (non-hydrogen) atoms. The Morgan fingerprint density at radius 3 is 2.74 bits per heavy atom. The van der Waals surface area contributed by atoms with E-state index < -0.39 is 0 Å². The first kappa shape index (κ1) is 16.8. The number of hydrogen-bond donors (Lipinski definition) is 1. The van der Waals surface area contributed by atoms with Gasteiger partial charge < -0.3 is 5.32 Å². The van der Waals surface area contributed by atoms with E-state index in [9.17, 15) is 4.79 Å². The number of nitrogens with zero attached hydrogens (tertiary/aromatic N) is 3. The fourth-order valence-corrected chi connectivity index (χ4v) is 2.59. The fourth-order valence-electron chi connectivity index (χ4n) is 2.59.